The minimum atomic E-state index is -4.34. The third kappa shape index (κ3) is 2.97. The smallest absolute Gasteiger partial charge is 0.237 e. The predicted octanol–water partition coefficient (Wildman–Crippen LogP) is 4.62. The fourth-order valence-electron chi connectivity index (χ4n) is 2.55. The minimum absolute atomic E-state index is 0.248. The number of nitrogens with zero attached hydrogens (tertiary/aromatic N) is 3. The Labute approximate surface area is 131 Å². The van der Waals surface area contributed by atoms with Gasteiger partial charge in [0.15, 0.2) is 0 Å². The first-order valence-corrected chi connectivity index (χ1v) is 7.08. The van der Waals surface area contributed by atoms with Crippen molar-refractivity contribution in [1.29, 1.82) is 0 Å². The molecule has 1 atom stereocenters. The summed E-state index contributed by atoms with van der Waals surface area (Å²) >= 11 is 0. The standard InChI is InChI=1S/C17H14F3N3/c1-2-5-15(12-8-10-13(11-9-12)17(18,19)20)23-16-7-4-3-6-14(16)21-22-23/h2-4,6-11,15H,1,5H2. The molecule has 1 heterocycles. The molecule has 2 aromatic carbocycles. The highest BCUT2D eigenvalue weighted by molar-refractivity contribution is 5.74. The van der Waals surface area contributed by atoms with E-state index in [0.29, 0.717) is 6.42 Å². The predicted molar refractivity (Wildman–Crippen MR) is 81.9 cm³/mol. The molecule has 0 saturated carbocycles. The van der Waals surface area contributed by atoms with E-state index in [9.17, 15) is 13.2 Å². The highest BCUT2D eigenvalue weighted by atomic mass is 19.4. The summed E-state index contributed by atoms with van der Waals surface area (Å²) in [5.74, 6) is 0. The van der Waals surface area contributed by atoms with E-state index in [1.807, 2.05) is 24.3 Å². The van der Waals surface area contributed by atoms with Gasteiger partial charge in [0.2, 0.25) is 0 Å². The van der Waals surface area contributed by atoms with E-state index in [1.165, 1.54) is 12.1 Å². The lowest BCUT2D eigenvalue weighted by Crippen LogP contribution is -2.12. The second-order valence-corrected chi connectivity index (χ2v) is 5.18. The maximum absolute atomic E-state index is 12.7. The van der Waals surface area contributed by atoms with Gasteiger partial charge in [-0.2, -0.15) is 13.2 Å². The van der Waals surface area contributed by atoms with Crippen LogP contribution in [0.2, 0.25) is 0 Å². The molecule has 6 heteroatoms. The van der Waals surface area contributed by atoms with Gasteiger partial charge in [-0.05, 0) is 36.2 Å². The van der Waals surface area contributed by atoms with Gasteiger partial charge in [-0.1, -0.05) is 35.6 Å². The van der Waals surface area contributed by atoms with Crippen molar-refractivity contribution < 1.29 is 13.2 Å². The molecule has 3 nitrogen and oxygen atoms in total. The zero-order chi connectivity index (χ0) is 16.4. The number of rotatable bonds is 4. The van der Waals surface area contributed by atoms with E-state index >= 15 is 0 Å². The summed E-state index contributed by atoms with van der Waals surface area (Å²) in [5.41, 5.74) is 1.64. The molecule has 118 valence electrons. The molecule has 0 spiro atoms. The van der Waals surface area contributed by atoms with Crippen LogP contribution in [0.25, 0.3) is 11.0 Å². The summed E-state index contributed by atoms with van der Waals surface area (Å²) in [6.45, 7) is 3.73. The van der Waals surface area contributed by atoms with E-state index in [2.05, 4.69) is 16.9 Å². The normalized spacial score (nSPS) is 13.2. The fourth-order valence-corrected chi connectivity index (χ4v) is 2.55. The maximum atomic E-state index is 12.7. The molecule has 0 bridgehead atoms. The monoisotopic (exact) mass is 317 g/mol. The topological polar surface area (TPSA) is 30.7 Å². The average molecular weight is 317 g/mol. The van der Waals surface area contributed by atoms with Crippen LogP contribution in [0, 0.1) is 0 Å². The van der Waals surface area contributed by atoms with Crippen molar-refractivity contribution in [3.05, 3.63) is 72.3 Å². The van der Waals surface area contributed by atoms with Gasteiger partial charge in [0.25, 0.3) is 0 Å². The summed E-state index contributed by atoms with van der Waals surface area (Å²) in [4.78, 5) is 0. The van der Waals surface area contributed by atoms with Gasteiger partial charge in [-0.3, -0.25) is 0 Å². The molecule has 0 saturated heterocycles. The van der Waals surface area contributed by atoms with Crippen LogP contribution in [0.15, 0.2) is 61.2 Å². The van der Waals surface area contributed by atoms with E-state index in [4.69, 9.17) is 0 Å². The summed E-state index contributed by atoms with van der Waals surface area (Å²) in [5, 5.41) is 8.26. The van der Waals surface area contributed by atoms with Gasteiger partial charge in [0.1, 0.15) is 5.52 Å². The Morgan fingerprint density at radius 2 is 1.78 bits per heavy atom. The number of hydrogen-bond acceptors (Lipinski definition) is 2. The molecular weight excluding hydrogens is 303 g/mol. The fraction of sp³-hybridized carbons (Fsp3) is 0.176. The van der Waals surface area contributed by atoms with Crippen LogP contribution >= 0.6 is 0 Å². The molecule has 1 unspecified atom stereocenters. The summed E-state index contributed by atoms with van der Waals surface area (Å²) in [7, 11) is 0. The SMILES string of the molecule is C=CCC(c1ccc(C(F)(F)F)cc1)n1nnc2ccccc21. The second-order valence-electron chi connectivity index (χ2n) is 5.18. The molecular formula is C17H14F3N3. The lowest BCUT2D eigenvalue weighted by atomic mass is 10.0. The Morgan fingerprint density at radius 1 is 1.09 bits per heavy atom. The van der Waals surface area contributed by atoms with Gasteiger partial charge in [0, 0.05) is 0 Å². The van der Waals surface area contributed by atoms with Crippen LogP contribution in [0.4, 0.5) is 13.2 Å². The summed E-state index contributed by atoms with van der Waals surface area (Å²) in [6, 6.07) is 12.4. The zero-order valence-corrected chi connectivity index (χ0v) is 12.2. The van der Waals surface area contributed by atoms with Crippen molar-refractivity contribution >= 4 is 11.0 Å². The van der Waals surface area contributed by atoms with Crippen molar-refractivity contribution in [3.8, 4) is 0 Å². The van der Waals surface area contributed by atoms with Crippen molar-refractivity contribution in [1.82, 2.24) is 15.0 Å². The third-order valence-electron chi connectivity index (χ3n) is 3.69. The number of para-hydroxylation sites is 1. The van der Waals surface area contributed by atoms with Crippen molar-refractivity contribution in [2.24, 2.45) is 0 Å². The average Bonchev–Trinajstić information content (AvgIpc) is 2.96. The number of aromatic nitrogens is 3. The van der Waals surface area contributed by atoms with Crippen LogP contribution in [-0.4, -0.2) is 15.0 Å². The molecule has 0 fully saturated rings. The highest BCUT2D eigenvalue weighted by Crippen LogP contribution is 2.31. The number of benzene rings is 2. The van der Waals surface area contributed by atoms with Crippen LogP contribution in [-0.2, 0) is 6.18 Å². The van der Waals surface area contributed by atoms with Gasteiger partial charge in [0.05, 0.1) is 17.1 Å². The summed E-state index contributed by atoms with van der Waals surface area (Å²) in [6.07, 6.45) is -2.08. The summed E-state index contributed by atoms with van der Waals surface area (Å²) < 4.78 is 39.8. The lowest BCUT2D eigenvalue weighted by Gasteiger charge is -2.17. The molecule has 3 rings (SSSR count). The third-order valence-corrected chi connectivity index (χ3v) is 3.69. The molecule has 0 aliphatic heterocycles. The van der Waals surface area contributed by atoms with E-state index in [-0.39, 0.29) is 6.04 Å². The number of fused-ring (bicyclic) bond motifs is 1. The van der Waals surface area contributed by atoms with Crippen molar-refractivity contribution in [3.63, 3.8) is 0 Å². The Kier molecular flexibility index (Phi) is 3.90. The van der Waals surface area contributed by atoms with Crippen molar-refractivity contribution in [2.45, 2.75) is 18.6 Å². The molecule has 1 aromatic heterocycles. The first-order valence-electron chi connectivity index (χ1n) is 7.08. The highest BCUT2D eigenvalue weighted by Gasteiger charge is 2.30. The van der Waals surface area contributed by atoms with E-state index < -0.39 is 11.7 Å². The largest absolute Gasteiger partial charge is 0.416 e. The number of hydrogen-bond donors (Lipinski definition) is 0. The van der Waals surface area contributed by atoms with Gasteiger partial charge >= 0.3 is 6.18 Å². The van der Waals surface area contributed by atoms with Crippen LogP contribution in [0.1, 0.15) is 23.6 Å². The van der Waals surface area contributed by atoms with Gasteiger partial charge in [-0.15, -0.1) is 11.7 Å². The van der Waals surface area contributed by atoms with Crippen LogP contribution < -0.4 is 0 Å². The van der Waals surface area contributed by atoms with Crippen LogP contribution in [0.3, 0.4) is 0 Å². The molecule has 0 aliphatic rings. The van der Waals surface area contributed by atoms with E-state index in [0.717, 1.165) is 28.7 Å². The zero-order valence-electron chi connectivity index (χ0n) is 12.2. The first kappa shape index (κ1) is 15.3. The number of allylic oxidation sites excluding steroid dienone is 1. The van der Waals surface area contributed by atoms with Crippen molar-refractivity contribution in [2.75, 3.05) is 0 Å². The Bertz CT molecular complexity index is 819. The second kappa shape index (κ2) is 5.87. The Balaban J connectivity index is 2.03. The first-order chi connectivity index (χ1) is 11.0. The maximum Gasteiger partial charge on any atom is 0.416 e. The van der Waals surface area contributed by atoms with Gasteiger partial charge < -0.3 is 0 Å². The Hall–Kier alpha value is -2.63. The number of halogens is 3. The quantitative estimate of drug-likeness (QED) is 0.658. The van der Waals surface area contributed by atoms with Gasteiger partial charge in [-0.25, -0.2) is 4.68 Å². The molecule has 3 aromatic rings. The molecule has 0 radical (unpaired) electrons. The van der Waals surface area contributed by atoms with E-state index in [1.54, 1.807) is 10.8 Å². The molecule has 0 aliphatic carbocycles. The number of alkyl halides is 3. The Morgan fingerprint density at radius 3 is 2.43 bits per heavy atom. The molecule has 23 heavy (non-hydrogen) atoms. The minimum Gasteiger partial charge on any atom is -0.237 e. The lowest BCUT2D eigenvalue weighted by molar-refractivity contribution is -0.137. The molecule has 0 N–H and O–H groups in total. The molecule has 0 amide bonds. The van der Waals surface area contributed by atoms with Crippen LogP contribution in [0.5, 0.6) is 0 Å².